The SMILES string of the molecule is Cc1nc(C)c(C(C)Nc2ccc(N)cc2C(F)(F)F)s1. The van der Waals surface area contributed by atoms with E-state index < -0.39 is 11.7 Å². The number of nitrogens with zero attached hydrogens (tertiary/aromatic N) is 1. The van der Waals surface area contributed by atoms with Gasteiger partial charge in [-0.2, -0.15) is 13.2 Å². The lowest BCUT2D eigenvalue weighted by atomic mass is 10.1. The molecule has 1 aromatic carbocycles. The van der Waals surface area contributed by atoms with Gasteiger partial charge in [0.25, 0.3) is 0 Å². The van der Waals surface area contributed by atoms with Crippen LogP contribution < -0.4 is 11.1 Å². The summed E-state index contributed by atoms with van der Waals surface area (Å²) in [5.74, 6) is 0. The summed E-state index contributed by atoms with van der Waals surface area (Å²) in [6, 6.07) is 3.49. The summed E-state index contributed by atoms with van der Waals surface area (Å²) in [5, 5.41) is 3.80. The minimum atomic E-state index is -4.45. The summed E-state index contributed by atoms with van der Waals surface area (Å²) in [4.78, 5) is 5.22. The summed E-state index contributed by atoms with van der Waals surface area (Å²) < 4.78 is 39.2. The second-order valence-corrected chi connectivity index (χ2v) is 6.09. The van der Waals surface area contributed by atoms with E-state index in [1.54, 1.807) is 0 Å². The van der Waals surface area contributed by atoms with E-state index in [1.807, 2.05) is 20.8 Å². The first-order valence-electron chi connectivity index (χ1n) is 6.35. The fraction of sp³-hybridized carbons (Fsp3) is 0.357. The van der Waals surface area contributed by atoms with Gasteiger partial charge in [-0.3, -0.25) is 0 Å². The van der Waals surface area contributed by atoms with Gasteiger partial charge in [0.1, 0.15) is 0 Å². The Labute approximate surface area is 125 Å². The van der Waals surface area contributed by atoms with Crippen molar-refractivity contribution in [3.8, 4) is 0 Å². The van der Waals surface area contributed by atoms with Gasteiger partial charge in [-0.25, -0.2) is 4.98 Å². The molecule has 0 spiro atoms. The van der Waals surface area contributed by atoms with E-state index in [1.165, 1.54) is 23.5 Å². The number of aromatic nitrogens is 1. The summed E-state index contributed by atoms with van der Waals surface area (Å²) in [6.07, 6.45) is -4.45. The van der Waals surface area contributed by atoms with Crippen LogP contribution in [-0.2, 0) is 6.18 Å². The van der Waals surface area contributed by atoms with Crippen LogP contribution in [0, 0.1) is 13.8 Å². The molecule has 0 aliphatic carbocycles. The first-order chi connectivity index (χ1) is 9.68. The third-order valence-corrected chi connectivity index (χ3v) is 4.31. The van der Waals surface area contributed by atoms with Crippen molar-refractivity contribution in [1.29, 1.82) is 0 Å². The van der Waals surface area contributed by atoms with E-state index in [2.05, 4.69) is 10.3 Å². The van der Waals surface area contributed by atoms with Gasteiger partial charge in [0.2, 0.25) is 0 Å². The molecular formula is C14H16F3N3S. The van der Waals surface area contributed by atoms with Gasteiger partial charge in [0.15, 0.2) is 0 Å². The van der Waals surface area contributed by atoms with Gasteiger partial charge < -0.3 is 11.1 Å². The van der Waals surface area contributed by atoms with E-state index in [-0.39, 0.29) is 17.4 Å². The van der Waals surface area contributed by atoms with Gasteiger partial charge in [-0.15, -0.1) is 11.3 Å². The van der Waals surface area contributed by atoms with Crippen LogP contribution in [0.25, 0.3) is 0 Å². The van der Waals surface area contributed by atoms with E-state index in [0.29, 0.717) is 0 Å². The zero-order valence-electron chi connectivity index (χ0n) is 11.9. The van der Waals surface area contributed by atoms with Crippen LogP contribution >= 0.6 is 11.3 Å². The number of anilines is 2. The van der Waals surface area contributed by atoms with Crippen LogP contribution in [0.15, 0.2) is 18.2 Å². The van der Waals surface area contributed by atoms with E-state index >= 15 is 0 Å². The van der Waals surface area contributed by atoms with Crippen molar-refractivity contribution in [2.75, 3.05) is 11.1 Å². The molecule has 0 saturated heterocycles. The van der Waals surface area contributed by atoms with Crippen LogP contribution in [0.3, 0.4) is 0 Å². The van der Waals surface area contributed by atoms with Gasteiger partial charge in [0, 0.05) is 16.3 Å². The Morgan fingerprint density at radius 2 is 1.95 bits per heavy atom. The number of thiazole rings is 1. The highest BCUT2D eigenvalue weighted by atomic mass is 32.1. The number of rotatable bonds is 3. The van der Waals surface area contributed by atoms with Gasteiger partial charge in [0.05, 0.1) is 22.3 Å². The predicted octanol–water partition coefficient (Wildman–Crippen LogP) is 4.53. The maximum Gasteiger partial charge on any atom is 0.418 e. The monoisotopic (exact) mass is 315 g/mol. The summed E-state index contributed by atoms with van der Waals surface area (Å²) in [6.45, 7) is 5.54. The molecule has 2 rings (SSSR count). The summed E-state index contributed by atoms with van der Waals surface area (Å²) in [7, 11) is 0. The molecule has 0 saturated carbocycles. The molecule has 1 aromatic heterocycles. The third-order valence-electron chi connectivity index (χ3n) is 3.05. The van der Waals surface area contributed by atoms with Crippen molar-refractivity contribution in [1.82, 2.24) is 4.98 Å². The Bertz CT molecular complexity index is 649. The molecule has 2 aromatic rings. The molecule has 1 unspecified atom stereocenters. The van der Waals surface area contributed by atoms with E-state index in [4.69, 9.17) is 5.73 Å². The second-order valence-electron chi connectivity index (χ2n) is 4.85. The first kappa shape index (κ1) is 15.6. The number of hydrogen-bond acceptors (Lipinski definition) is 4. The van der Waals surface area contributed by atoms with Crippen LogP contribution in [0.4, 0.5) is 24.5 Å². The smallest absolute Gasteiger partial charge is 0.399 e. The molecule has 0 aliphatic heterocycles. The average Bonchev–Trinajstić information content (AvgIpc) is 2.69. The maximum absolute atomic E-state index is 13.1. The highest BCUT2D eigenvalue weighted by Crippen LogP contribution is 2.38. The average molecular weight is 315 g/mol. The quantitative estimate of drug-likeness (QED) is 0.818. The van der Waals surface area contributed by atoms with Crippen LogP contribution in [0.2, 0.25) is 0 Å². The Hall–Kier alpha value is -1.76. The van der Waals surface area contributed by atoms with Crippen molar-refractivity contribution >= 4 is 22.7 Å². The molecule has 0 amide bonds. The maximum atomic E-state index is 13.1. The molecule has 21 heavy (non-hydrogen) atoms. The number of nitrogen functional groups attached to an aromatic ring is 1. The Morgan fingerprint density at radius 1 is 1.29 bits per heavy atom. The lowest BCUT2D eigenvalue weighted by molar-refractivity contribution is -0.136. The Balaban J connectivity index is 2.33. The second kappa shape index (κ2) is 5.55. The number of aryl methyl sites for hydroxylation is 2. The molecule has 0 fully saturated rings. The Kier molecular flexibility index (Phi) is 4.13. The van der Waals surface area contributed by atoms with Crippen molar-refractivity contribution in [3.05, 3.63) is 39.3 Å². The highest BCUT2D eigenvalue weighted by Gasteiger charge is 2.34. The molecule has 3 nitrogen and oxygen atoms in total. The topological polar surface area (TPSA) is 50.9 Å². The van der Waals surface area contributed by atoms with Crippen LogP contribution in [-0.4, -0.2) is 4.98 Å². The van der Waals surface area contributed by atoms with Crippen molar-refractivity contribution in [2.45, 2.75) is 33.0 Å². The van der Waals surface area contributed by atoms with Crippen molar-refractivity contribution in [2.24, 2.45) is 0 Å². The number of hydrogen-bond donors (Lipinski definition) is 2. The molecule has 1 atom stereocenters. The lowest BCUT2D eigenvalue weighted by Gasteiger charge is -2.19. The molecular weight excluding hydrogens is 299 g/mol. The molecule has 0 radical (unpaired) electrons. The third kappa shape index (κ3) is 3.47. The van der Waals surface area contributed by atoms with Gasteiger partial charge >= 0.3 is 6.18 Å². The molecule has 7 heteroatoms. The number of halogens is 3. The van der Waals surface area contributed by atoms with E-state index in [0.717, 1.165) is 21.6 Å². The molecule has 3 N–H and O–H groups in total. The summed E-state index contributed by atoms with van der Waals surface area (Å²) in [5.41, 5.74) is 5.65. The number of benzene rings is 1. The van der Waals surface area contributed by atoms with Gasteiger partial charge in [-0.05, 0) is 39.0 Å². The fourth-order valence-corrected chi connectivity index (χ4v) is 3.10. The number of alkyl halides is 3. The minimum Gasteiger partial charge on any atom is -0.399 e. The summed E-state index contributed by atoms with van der Waals surface area (Å²) >= 11 is 1.48. The number of nitrogens with one attached hydrogen (secondary N) is 1. The largest absolute Gasteiger partial charge is 0.418 e. The minimum absolute atomic E-state index is 0.0228. The highest BCUT2D eigenvalue weighted by molar-refractivity contribution is 7.11. The zero-order chi connectivity index (χ0) is 15.8. The van der Waals surface area contributed by atoms with E-state index in [9.17, 15) is 13.2 Å². The van der Waals surface area contributed by atoms with Crippen molar-refractivity contribution in [3.63, 3.8) is 0 Å². The normalized spacial score (nSPS) is 13.2. The number of nitrogens with two attached hydrogens (primary N) is 1. The lowest BCUT2D eigenvalue weighted by Crippen LogP contribution is -2.14. The molecule has 1 heterocycles. The molecule has 0 aliphatic rings. The van der Waals surface area contributed by atoms with Crippen LogP contribution in [0.1, 0.15) is 34.1 Å². The fourth-order valence-electron chi connectivity index (χ4n) is 2.17. The predicted molar refractivity (Wildman–Crippen MR) is 79.5 cm³/mol. The zero-order valence-corrected chi connectivity index (χ0v) is 12.7. The van der Waals surface area contributed by atoms with Crippen LogP contribution in [0.5, 0.6) is 0 Å². The standard InChI is InChI=1S/C14H16F3N3S/c1-7-13(21-9(3)19-7)8(2)20-12-5-4-10(18)6-11(12)14(15,16)17/h4-6,8,20H,18H2,1-3H3. The molecule has 0 bridgehead atoms. The van der Waals surface area contributed by atoms with Crippen molar-refractivity contribution < 1.29 is 13.2 Å². The first-order valence-corrected chi connectivity index (χ1v) is 7.17. The molecule has 114 valence electrons. The van der Waals surface area contributed by atoms with Gasteiger partial charge in [-0.1, -0.05) is 0 Å². The Morgan fingerprint density at radius 3 is 2.48 bits per heavy atom.